The molecule has 0 aromatic carbocycles. The van der Waals surface area contributed by atoms with E-state index in [0.717, 1.165) is 0 Å². The van der Waals surface area contributed by atoms with E-state index >= 15 is 0 Å². The zero-order chi connectivity index (χ0) is 7.56. The summed E-state index contributed by atoms with van der Waals surface area (Å²) in [6.45, 7) is -0.526. The van der Waals surface area contributed by atoms with Crippen LogP contribution in [0.1, 0.15) is 6.42 Å². The van der Waals surface area contributed by atoms with Gasteiger partial charge in [0.1, 0.15) is 7.85 Å². The molecule has 1 N–H and O–H groups in total. The van der Waals surface area contributed by atoms with E-state index in [0.29, 0.717) is 6.42 Å². The van der Waals surface area contributed by atoms with Crippen LogP contribution in [0.25, 0.3) is 0 Å². The van der Waals surface area contributed by atoms with Gasteiger partial charge in [-0.05, 0) is 6.42 Å². The van der Waals surface area contributed by atoms with Gasteiger partial charge in [0.25, 0.3) is 0 Å². The van der Waals surface area contributed by atoms with Crippen LogP contribution < -0.4 is 0 Å². The highest BCUT2D eigenvalue weighted by atomic mass is 19.1. The van der Waals surface area contributed by atoms with Crippen LogP contribution in [0.2, 0.25) is 0 Å². The lowest BCUT2D eigenvalue weighted by molar-refractivity contribution is 0.0390. The average Bonchev–Trinajstić information content (AvgIpc) is 2.30. The van der Waals surface area contributed by atoms with Gasteiger partial charge in [0.15, 0.2) is 0 Å². The Labute approximate surface area is 60.8 Å². The minimum absolute atomic E-state index is 0.0653. The van der Waals surface area contributed by atoms with E-state index in [4.69, 9.17) is 17.7 Å². The lowest BCUT2D eigenvalue weighted by Gasteiger charge is -2.08. The van der Waals surface area contributed by atoms with Gasteiger partial charge in [-0.25, -0.2) is 0 Å². The van der Waals surface area contributed by atoms with E-state index in [-0.39, 0.29) is 18.6 Å². The molecule has 1 aliphatic rings. The first-order valence-corrected chi connectivity index (χ1v) is 3.35. The molecule has 1 aliphatic heterocycles. The number of aliphatic hydroxyl groups excluding tert-OH is 1. The fourth-order valence-electron chi connectivity index (χ4n) is 1.13. The highest BCUT2D eigenvalue weighted by Crippen LogP contribution is 2.24. The Hall–Kier alpha value is -0.0851. The predicted molar refractivity (Wildman–Crippen MR) is 35.6 cm³/mol. The van der Waals surface area contributed by atoms with Gasteiger partial charge in [-0.15, -0.1) is 0 Å². The van der Waals surface area contributed by atoms with Gasteiger partial charge in [-0.2, -0.15) is 0 Å². The molecule has 0 spiro atoms. The number of alkyl halides is 1. The molecule has 0 bridgehead atoms. The SMILES string of the molecule is [B][C@@H]1O[C@H](CO)C[C@@H]1CF. The smallest absolute Gasteiger partial charge is 0.109 e. The molecule has 56 valence electrons. The van der Waals surface area contributed by atoms with Crippen molar-refractivity contribution in [3.63, 3.8) is 0 Å². The van der Waals surface area contributed by atoms with Gasteiger partial charge < -0.3 is 9.84 Å². The first kappa shape index (κ1) is 8.02. The molecule has 1 heterocycles. The molecular weight excluding hydrogens is 134 g/mol. The summed E-state index contributed by atoms with van der Waals surface area (Å²) in [7, 11) is 5.38. The first-order chi connectivity index (χ1) is 4.77. The van der Waals surface area contributed by atoms with Gasteiger partial charge in [-0.3, -0.25) is 4.39 Å². The van der Waals surface area contributed by atoms with Crippen LogP contribution in [0.5, 0.6) is 0 Å². The van der Waals surface area contributed by atoms with Crippen molar-refractivity contribution in [2.75, 3.05) is 13.3 Å². The maximum Gasteiger partial charge on any atom is 0.109 e. The maximum atomic E-state index is 12.0. The quantitative estimate of drug-likeness (QED) is 0.546. The zero-order valence-electron chi connectivity index (χ0n) is 5.66. The molecule has 0 saturated carbocycles. The molecule has 0 aromatic rings. The van der Waals surface area contributed by atoms with Crippen LogP contribution >= 0.6 is 0 Å². The third kappa shape index (κ3) is 1.49. The van der Waals surface area contributed by atoms with E-state index in [1.54, 1.807) is 0 Å². The summed E-state index contributed by atoms with van der Waals surface area (Å²) in [5.74, 6) is -0.225. The first-order valence-electron chi connectivity index (χ1n) is 3.35. The summed E-state index contributed by atoms with van der Waals surface area (Å²) in [5.41, 5.74) is 0. The van der Waals surface area contributed by atoms with Crippen LogP contribution in [0, 0.1) is 5.92 Å². The Balaban J connectivity index is 2.36. The lowest BCUT2D eigenvalue weighted by atomic mass is 9.87. The second-order valence-corrected chi connectivity index (χ2v) is 2.56. The van der Waals surface area contributed by atoms with Crippen LogP contribution in [0.3, 0.4) is 0 Å². The van der Waals surface area contributed by atoms with Gasteiger partial charge in [0.2, 0.25) is 0 Å². The van der Waals surface area contributed by atoms with Crippen molar-refractivity contribution in [1.82, 2.24) is 0 Å². The number of hydrogen-bond acceptors (Lipinski definition) is 2. The second kappa shape index (κ2) is 3.35. The summed E-state index contributed by atoms with van der Waals surface area (Å²) in [5, 5.41) is 8.59. The van der Waals surface area contributed by atoms with E-state index in [1.807, 2.05) is 0 Å². The number of aliphatic hydroxyl groups is 1. The minimum atomic E-state index is -0.526. The highest BCUT2D eigenvalue weighted by Gasteiger charge is 2.30. The number of ether oxygens (including phenoxy) is 1. The van der Waals surface area contributed by atoms with Gasteiger partial charge >= 0.3 is 0 Å². The summed E-state index contributed by atoms with van der Waals surface area (Å²) >= 11 is 0. The van der Waals surface area contributed by atoms with Crippen molar-refractivity contribution in [2.45, 2.75) is 18.5 Å². The molecule has 0 aromatic heterocycles. The molecule has 2 radical (unpaired) electrons. The zero-order valence-corrected chi connectivity index (χ0v) is 5.66. The monoisotopic (exact) mass is 144 g/mol. The molecule has 0 amide bonds. The minimum Gasteiger partial charge on any atom is -0.394 e. The van der Waals surface area contributed by atoms with Gasteiger partial charge in [-0.1, -0.05) is 0 Å². The Morgan fingerprint density at radius 1 is 1.70 bits per heavy atom. The van der Waals surface area contributed by atoms with Crippen molar-refractivity contribution in [3.05, 3.63) is 0 Å². The highest BCUT2D eigenvalue weighted by molar-refractivity contribution is 6.11. The molecule has 0 aliphatic carbocycles. The van der Waals surface area contributed by atoms with Crippen molar-refractivity contribution in [3.8, 4) is 0 Å². The van der Waals surface area contributed by atoms with E-state index in [2.05, 4.69) is 0 Å². The van der Waals surface area contributed by atoms with Crippen molar-refractivity contribution < 1.29 is 14.2 Å². The van der Waals surface area contributed by atoms with Crippen LogP contribution in [-0.2, 0) is 4.74 Å². The van der Waals surface area contributed by atoms with E-state index < -0.39 is 12.7 Å². The fourth-order valence-corrected chi connectivity index (χ4v) is 1.13. The predicted octanol–water partition coefficient (Wildman–Crippen LogP) is -0.152. The Morgan fingerprint density at radius 3 is 2.70 bits per heavy atom. The number of halogens is 1. The molecule has 10 heavy (non-hydrogen) atoms. The molecule has 1 saturated heterocycles. The third-order valence-corrected chi connectivity index (χ3v) is 1.78. The van der Waals surface area contributed by atoms with E-state index in [1.165, 1.54) is 0 Å². The largest absolute Gasteiger partial charge is 0.394 e. The van der Waals surface area contributed by atoms with Crippen molar-refractivity contribution in [1.29, 1.82) is 0 Å². The summed E-state index contributed by atoms with van der Waals surface area (Å²) in [6, 6.07) is -0.526. The van der Waals surface area contributed by atoms with Gasteiger partial charge in [0, 0.05) is 11.9 Å². The topological polar surface area (TPSA) is 29.5 Å². The van der Waals surface area contributed by atoms with Crippen LogP contribution in [-0.4, -0.2) is 38.3 Å². The summed E-state index contributed by atoms with van der Waals surface area (Å²) in [6.07, 6.45) is 0.282. The maximum absolute atomic E-state index is 12.0. The Kier molecular flexibility index (Phi) is 2.68. The van der Waals surface area contributed by atoms with Crippen LogP contribution in [0.4, 0.5) is 4.39 Å². The van der Waals surface area contributed by atoms with Gasteiger partial charge in [0.05, 0.1) is 19.4 Å². The lowest BCUT2D eigenvalue weighted by Crippen LogP contribution is -2.17. The molecule has 1 fully saturated rings. The molecule has 1 rings (SSSR count). The average molecular weight is 144 g/mol. The second-order valence-electron chi connectivity index (χ2n) is 2.56. The van der Waals surface area contributed by atoms with Crippen molar-refractivity contribution >= 4 is 7.85 Å². The summed E-state index contributed by atoms with van der Waals surface area (Å²) in [4.78, 5) is 0. The number of rotatable bonds is 2. The Bertz CT molecular complexity index is 112. The molecule has 2 nitrogen and oxygen atoms in total. The standard InChI is InChI=1S/C6H10BFO2/c7-6-4(2-8)1-5(3-9)10-6/h4-6,9H,1-3H2/t4-,5+,6-/m1/s1. The van der Waals surface area contributed by atoms with Crippen molar-refractivity contribution in [2.24, 2.45) is 5.92 Å². The molecule has 3 atom stereocenters. The number of hydrogen-bond donors (Lipinski definition) is 1. The van der Waals surface area contributed by atoms with E-state index in [9.17, 15) is 4.39 Å². The van der Waals surface area contributed by atoms with Crippen LogP contribution in [0.15, 0.2) is 0 Å². The fraction of sp³-hybridized carbons (Fsp3) is 1.00. The molecular formula is C6H10BFO2. The third-order valence-electron chi connectivity index (χ3n) is 1.78. The molecule has 4 heteroatoms. The summed E-state index contributed by atoms with van der Waals surface area (Å²) < 4.78 is 17.0. The Morgan fingerprint density at radius 2 is 2.40 bits per heavy atom. The molecule has 0 unspecified atom stereocenters. The normalized spacial score (nSPS) is 40.4.